The average molecular weight is 359 g/mol. The van der Waals surface area contributed by atoms with E-state index >= 15 is 0 Å². The van der Waals surface area contributed by atoms with Gasteiger partial charge in [0.2, 0.25) is 5.82 Å². The summed E-state index contributed by atoms with van der Waals surface area (Å²) in [6.45, 7) is 12.3. The zero-order valence-electron chi connectivity index (χ0n) is 16.4. The van der Waals surface area contributed by atoms with Gasteiger partial charge in [0.1, 0.15) is 6.04 Å². The Morgan fingerprint density at radius 1 is 1.23 bits per heavy atom. The van der Waals surface area contributed by atoms with Gasteiger partial charge in [-0.05, 0) is 41.5 Å². The fraction of sp³-hybridized carbons (Fsp3) is 0.632. The number of methoxy groups -OCH3 is 1. The van der Waals surface area contributed by atoms with Gasteiger partial charge in [-0.2, -0.15) is 0 Å². The molecule has 142 valence electrons. The Kier molecular flexibility index (Phi) is 6.21. The Hall–Kier alpha value is -1.99. The molecule has 0 radical (unpaired) electrons. The first-order valence-corrected chi connectivity index (χ1v) is 9.56. The van der Waals surface area contributed by atoms with Gasteiger partial charge in [-0.15, -0.1) is 5.10 Å². The molecule has 0 unspecified atom stereocenters. The number of benzene rings is 1. The third kappa shape index (κ3) is 3.88. The van der Waals surface area contributed by atoms with Gasteiger partial charge >= 0.3 is 0 Å². The van der Waals surface area contributed by atoms with E-state index in [0.717, 1.165) is 38.4 Å². The number of rotatable bonds is 7. The van der Waals surface area contributed by atoms with E-state index in [9.17, 15) is 0 Å². The van der Waals surface area contributed by atoms with Crippen molar-refractivity contribution in [2.24, 2.45) is 0 Å². The number of aryl methyl sites for hydroxylation is 1. The SMILES string of the molecule is CC[C@@H](c1nnnn1CCOC)[NH+]1CCN(c2cccc(C)c2C)CC1. The summed E-state index contributed by atoms with van der Waals surface area (Å²) in [5.41, 5.74) is 4.13. The summed E-state index contributed by atoms with van der Waals surface area (Å²) < 4.78 is 7.09. The molecule has 0 spiro atoms. The monoisotopic (exact) mass is 359 g/mol. The van der Waals surface area contributed by atoms with Crippen molar-refractivity contribution in [2.75, 3.05) is 44.8 Å². The number of anilines is 1. The van der Waals surface area contributed by atoms with Crippen LogP contribution < -0.4 is 9.80 Å². The van der Waals surface area contributed by atoms with Crippen LogP contribution in [-0.4, -0.2) is 60.1 Å². The molecule has 7 heteroatoms. The predicted molar refractivity (Wildman–Crippen MR) is 102 cm³/mol. The molecule has 1 atom stereocenters. The molecule has 1 aromatic carbocycles. The number of piperazine rings is 1. The van der Waals surface area contributed by atoms with E-state index in [-0.39, 0.29) is 0 Å². The summed E-state index contributed by atoms with van der Waals surface area (Å²) in [5.74, 6) is 0.986. The minimum absolute atomic E-state index is 0.336. The number of aromatic nitrogens is 4. The van der Waals surface area contributed by atoms with Crippen LogP contribution in [0, 0.1) is 13.8 Å². The van der Waals surface area contributed by atoms with E-state index in [1.54, 1.807) is 12.0 Å². The van der Waals surface area contributed by atoms with Gasteiger partial charge in [0.15, 0.2) is 0 Å². The molecule has 1 saturated heterocycles. The minimum atomic E-state index is 0.336. The molecule has 1 aliphatic rings. The average Bonchev–Trinajstić information content (AvgIpc) is 3.12. The van der Waals surface area contributed by atoms with Crippen LogP contribution in [-0.2, 0) is 11.3 Å². The van der Waals surface area contributed by atoms with Crippen LogP contribution in [0.3, 0.4) is 0 Å². The highest BCUT2D eigenvalue weighted by molar-refractivity contribution is 5.56. The van der Waals surface area contributed by atoms with E-state index in [0.29, 0.717) is 19.2 Å². The van der Waals surface area contributed by atoms with Crippen molar-refractivity contribution < 1.29 is 9.64 Å². The van der Waals surface area contributed by atoms with Gasteiger partial charge in [-0.1, -0.05) is 19.1 Å². The quantitative estimate of drug-likeness (QED) is 0.792. The van der Waals surface area contributed by atoms with Crippen molar-refractivity contribution in [3.05, 3.63) is 35.2 Å². The maximum Gasteiger partial charge on any atom is 0.209 e. The second-order valence-corrected chi connectivity index (χ2v) is 7.08. The second kappa shape index (κ2) is 8.60. The number of hydrogen-bond donors (Lipinski definition) is 1. The fourth-order valence-electron chi connectivity index (χ4n) is 3.91. The van der Waals surface area contributed by atoms with Gasteiger partial charge in [-0.3, -0.25) is 0 Å². The van der Waals surface area contributed by atoms with Gasteiger partial charge < -0.3 is 14.5 Å². The fourth-order valence-corrected chi connectivity index (χ4v) is 3.91. The molecule has 3 rings (SSSR count). The summed E-state index contributed by atoms with van der Waals surface area (Å²) in [5, 5.41) is 12.4. The molecule has 0 bridgehead atoms. The Bertz CT molecular complexity index is 708. The Morgan fingerprint density at radius 2 is 2.00 bits per heavy atom. The molecular weight excluding hydrogens is 328 g/mol. The Labute approximate surface area is 155 Å². The lowest BCUT2D eigenvalue weighted by Gasteiger charge is -2.37. The number of nitrogens with one attached hydrogen (secondary N) is 1. The van der Waals surface area contributed by atoms with Crippen LogP contribution in [0.1, 0.15) is 36.3 Å². The van der Waals surface area contributed by atoms with Gasteiger partial charge in [0.05, 0.1) is 39.3 Å². The van der Waals surface area contributed by atoms with E-state index < -0.39 is 0 Å². The molecule has 2 aromatic rings. The molecule has 0 amide bonds. The maximum atomic E-state index is 5.18. The zero-order chi connectivity index (χ0) is 18.5. The summed E-state index contributed by atoms with van der Waals surface area (Å²) in [6, 6.07) is 6.93. The van der Waals surface area contributed by atoms with E-state index in [1.807, 2.05) is 4.68 Å². The number of ether oxygens (including phenoxy) is 1. The lowest BCUT2D eigenvalue weighted by Crippen LogP contribution is -3.15. The summed E-state index contributed by atoms with van der Waals surface area (Å²) >= 11 is 0. The summed E-state index contributed by atoms with van der Waals surface area (Å²) in [7, 11) is 1.71. The van der Waals surface area contributed by atoms with Crippen LogP contribution in [0.15, 0.2) is 18.2 Å². The summed E-state index contributed by atoms with van der Waals surface area (Å²) in [6.07, 6.45) is 1.03. The molecule has 1 aliphatic heterocycles. The van der Waals surface area contributed by atoms with Crippen LogP contribution in [0.5, 0.6) is 0 Å². The van der Waals surface area contributed by atoms with Crippen LogP contribution in [0.25, 0.3) is 0 Å². The highest BCUT2D eigenvalue weighted by Crippen LogP contribution is 2.23. The molecule has 1 N–H and O–H groups in total. The van der Waals surface area contributed by atoms with Crippen molar-refractivity contribution in [1.82, 2.24) is 20.2 Å². The van der Waals surface area contributed by atoms with Crippen LogP contribution in [0.4, 0.5) is 5.69 Å². The topological polar surface area (TPSA) is 60.5 Å². The van der Waals surface area contributed by atoms with Crippen molar-refractivity contribution in [3.8, 4) is 0 Å². The largest absolute Gasteiger partial charge is 0.383 e. The first kappa shape index (κ1) is 18.8. The lowest BCUT2D eigenvalue weighted by atomic mass is 10.1. The minimum Gasteiger partial charge on any atom is -0.383 e. The standard InChI is InChI=1S/C19H30N6O/c1-5-17(19-20-21-22-25(19)13-14-26-4)23-9-11-24(12-10-23)18-8-6-7-15(2)16(18)3/h6-8,17H,5,9-14H2,1-4H3/p+1/t17-/m0/s1. The van der Waals surface area contributed by atoms with Crippen LogP contribution >= 0.6 is 0 Å². The molecule has 26 heavy (non-hydrogen) atoms. The molecule has 1 aromatic heterocycles. The zero-order valence-corrected chi connectivity index (χ0v) is 16.4. The molecule has 7 nitrogen and oxygen atoms in total. The third-order valence-electron chi connectivity index (χ3n) is 5.60. The summed E-state index contributed by atoms with van der Waals surface area (Å²) in [4.78, 5) is 4.09. The predicted octanol–water partition coefficient (Wildman–Crippen LogP) is 0.793. The molecule has 2 heterocycles. The Morgan fingerprint density at radius 3 is 2.69 bits per heavy atom. The molecule has 0 saturated carbocycles. The van der Waals surface area contributed by atoms with Gasteiger partial charge in [0, 0.05) is 19.2 Å². The first-order valence-electron chi connectivity index (χ1n) is 9.56. The Balaban J connectivity index is 1.68. The van der Waals surface area contributed by atoms with Crippen molar-refractivity contribution in [1.29, 1.82) is 0 Å². The highest BCUT2D eigenvalue weighted by Gasteiger charge is 2.31. The van der Waals surface area contributed by atoms with Crippen molar-refractivity contribution in [2.45, 2.75) is 39.8 Å². The lowest BCUT2D eigenvalue weighted by molar-refractivity contribution is -0.933. The number of hydrogen-bond acceptors (Lipinski definition) is 5. The van der Waals surface area contributed by atoms with Gasteiger partial charge in [0.25, 0.3) is 0 Å². The normalized spacial score (nSPS) is 16.8. The van der Waals surface area contributed by atoms with E-state index in [2.05, 4.69) is 59.4 Å². The highest BCUT2D eigenvalue weighted by atomic mass is 16.5. The van der Waals surface area contributed by atoms with Gasteiger partial charge in [-0.25, -0.2) is 4.68 Å². The molecular formula is C19H31N6O+. The number of nitrogens with zero attached hydrogens (tertiary/aromatic N) is 5. The second-order valence-electron chi connectivity index (χ2n) is 7.08. The maximum absolute atomic E-state index is 5.18. The molecule has 1 fully saturated rings. The number of quaternary nitrogens is 1. The third-order valence-corrected chi connectivity index (χ3v) is 5.60. The first-order chi connectivity index (χ1) is 12.7. The van der Waals surface area contributed by atoms with Crippen LogP contribution in [0.2, 0.25) is 0 Å². The van der Waals surface area contributed by atoms with E-state index in [1.165, 1.54) is 16.8 Å². The van der Waals surface area contributed by atoms with E-state index in [4.69, 9.17) is 4.74 Å². The smallest absolute Gasteiger partial charge is 0.209 e. The van der Waals surface area contributed by atoms with Crippen molar-refractivity contribution in [3.63, 3.8) is 0 Å². The molecule has 0 aliphatic carbocycles. The van der Waals surface area contributed by atoms with Crippen molar-refractivity contribution >= 4 is 5.69 Å². The number of tetrazole rings is 1.